The molecule has 0 aliphatic rings. The first-order valence-corrected chi connectivity index (χ1v) is 5.63. The van der Waals surface area contributed by atoms with Gasteiger partial charge in [0.05, 0.1) is 11.5 Å². The van der Waals surface area contributed by atoms with E-state index in [0.29, 0.717) is 0 Å². The van der Waals surface area contributed by atoms with E-state index in [9.17, 15) is 8.42 Å². The Balaban J connectivity index is 0. The predicted octanol–water partition coefficient (Wildman–Crippen LogP) is -0.829. The Kier molecular flexibility index (Phi) is 6.40. The third kappa shape index (κ3) is 4.09. The van der Waals surface area contributed by atoms with Crippen LogP contribution in [0.15, 0.2) is 35.7 Å². The normalized spacial score (nSPS) is 10.5. The SMILES string of the molecule is C=Cc1ccc(S(=O)(=O)OCC)cc1.[H-].[Na+]. The van der Waals surface area contributed by atoms with Crippen LogP contribution in [0.4, 0.5) is 0 Å². The average Bonchev–Trinajstić information content (AvgIpc) is 2.18. The van der Waals surface area contributed by atoms with E-state index in [1.54, 1.807) is 25.1 Å². The fourth-order valence-electron chi connectivity index (χ4n) is 0.994. The Morgan fingerprint density at radius 2 is 1.93 bits per heavy atom. The fourth-order valence-corrected chi connectivity index (χ4v) is 1.91. The van der Waals surface area contributed by atoms with E-state index < -0.39 is 10.1 Å². The van der Waals surface area contributed by atoms with Gasteiger partial charge < -0.3 is 1.43 Å². The minimum atomic E-state index is -3.57. The van der Waals surface area contributed by atoms with Crippen molar-refractivity contribution >= 4 is 16.2 Å². The van der Waals surface area contributed by atoms with Crippen molar-refractivity contribution in [1.29, 1.82) is 0 Å². The molecule has 0 fully saturated rings. The Morgan fingerprint density at radius 1 is 1.40 bits per heavy atom. The fraction of sp³-hybridized carbons (Fsp3) is 0.200. The van der Waals surface area contributed by atoms with Crippen LogP contribution in [0.1, 0.15) is 13.9 Å². The molecule has 0 amide bonds. The quantitative estimate of drug-likeness (QED) is 0.506. The molecule has 0 unspecified atom stereocenters. The zero-order chi connectivity index (χ0) is 10.6. The average molecular weight is 236 g/mol. The van der Waals surface area contributed by atoms with Gasteiger partial charge in [0.25, 0.3) is 10.1 Å². The Labute approximate surface area is 114 Å². The summed E-state index contributed by atoms with van der Waals surface area (Å²) in [7, 11) is -3.57. The van der Waals surface area contributed by atoms with Crippen LogP contribution < -0.4 is 29.6 Å². The molecule has 0 radical (unpaired) electrons. The molecule has 0 saturated carbocycles. The van der Waals surface area contributed by atoms with Crippen LogP contribution in [0.2, 0.25) is 0 Å². The van der Waals surface area contributed by atoms with E-state index in [1.165, 1.54) is 12.1 Å². The molecule has 0 aromatic heterocycles. The smallest absolute Gasteiger partial charge is 1.00 e. The van der Waals surface area contributed by atoms with Crippen molar-refractivity contribution in [2.24, 2.45) is 0 Å². The van der Waals surface area contributed by atoms with Gasteiger partial charge in [-0.1, -0.05) is 24.8 Å². The largest absolute Gasteiger partial charge is 1.00 e. The summed E-state index contributed by atoms with van der Waals surface area (Å²) >= 11 is 0. The maximum absolute atomic E-state index is 11.4. The summed E-state index contributed by atoms with van der Waals surface area (Å²) in [5.74, 6) is 0. The van der Waals surface area contributed by atoms with Crippen LogP contribution >= 0.6 is 0 Å². The van der Waals surface area contributed by atoms with E-state index in [0.717, 1.165) is 5.56 Å². The standard InChI is InChI=1S/C10H12O3S.Na.H/c1-3-9-5-7-10(8-6-9)14(11,12)13-4-2;;/h3,5-8H,1,4H2,2H3;;/q;+1;-1. The summed E-state index contributed by atoms with van der Waals surface area (Å²) in [4.78, 5) is 0.171. The molecule has 0 heterocycles. The third-order valence-electron chi connectivity index (χ3n) is 1.68. The first kappa shape index (κ1) is 14.9. The number of rotatable bonds is 4. The summed E-state index contributed by atoms with van der Waals surface area (Å²) in [6.45, 7) is 5.36. The molecule has 0 aliphatic carbocycles. The van der Waals surface area contributed by atoms with Crippen LogP contribution in [0.25, 0.3) is 6.08 Å². The predicted molar refractivity (Wildman–Crippen MR) is 56.5 cm³/mol. The second kappa shape index (κ2) is 6.45. The summed E-state index contributed by atoms with van der Waals surface area (Å²) in [6, 6.07) is 6.36. The summed E-state index contributed by atoms with van der Waals surface area (Å²) in [6.07, 6.45) is 1.65. The number of hydrogen-bond donors (Lipinski definition) is 0. The molecular formula is C10H13NaO3S. The Morgan fingerprint density at radius 3 is 2.33 bits per heavy atom. The van der Waals surface area contributed by atoms with Crippen LogP contribution in [-0.2, 0) is 14.3 Å². The van der Waals surface area contributed by atoms with Gasteiger partial charge in [0.1, 0.15) is 0 Å². The summed E-state index contributed by atoms with van der Waals surface area (Å²) < 4.78 is 27.4. The van der Waals surface area contributed by atoms with Crippen LogP contribution in [0.3, 0.4) is 0 Å². The monoisotopic (exact) mass is 236 g/mol. The van der Waals surface area contributed by atoms with Crippen molar-refractivity contribution in [1.82, 2.24) is 0 Å². The van der Waals surface area contributed by atoms with Crippen LogP contribution in [0.5, 0.6) is 0 Å². The van der Waals surface area contributed by atoms with Crippen LogP contribution in [0, 0.1) is 0 Å². The maximum atomic E-state index is 11.4. The van der Waals surface area contributed by atoms with Crippen molar-refractivity contribution in [3.8, 4) is 0 Å². The van der Waals surface area contributed by atoms with Crippen LogP contribution in [-0.4, -0.2) is 15.0 Å². The van der Waals surface area contributed by atoms with Gasteiger partial charge in [-0.05, 0) is 24.6 Å². The third-order valence-corrected chi connectivity index (χ3v) is 3.07. The van der Waals surface area contributed by atoms with Crippen molar-refractivity contribution in [3.05, 3.63) is 36.4 Å². The molecule has 0 spiro atoms. The molecule has 0 atom stereocenters. The molecule has 1 rings (SSSR count). The van der Waals surface area contributed by atoms with E-state index in [1.807, 2.05) is 0 Å². The van der Waals surface area contributed by atoms with Crippen molar-refractivity contribution < 1.29 is 43.6 Å². The van der Waals surface area contributed by atoms with Gasteiger partial charge in [-0.3, -0.25) is 4.18 Å². The van der Waals surface area contributed by atoms with Gasteiger partial charge in [0, 0.05) is 0 Å². The van der Waals surface area contributed by atoms with E-state index in [4.69, 9.17) is 0 Å². The molecule has 3 nitrogen and oxygen atoms in total. The molecule has 15 heavy (non-hydrogen) atoms. The van der Waals surface area contributed by atoms with Gasteiger partial charge in [0.2, 0.25) is 0 Å². The molecule has 1 aromatic carbocycles. The minimum Gasteiger partial charge on any atom is -1.00 e. The number of benzene rings is 1. The van der Waals surface area contributed by atoms with Gasteiger partial charge in [-0.15, -0.1) is 0 Å². The maximum Gasteiger partial charge on any atom is 1.00 e. The van der Waals surface area contributed by atoms with Gasteiger partial charge in [-0.25, -0.2) is 0 Å². The molecule has 1 aromatic rings. The zero-order valence-electron chi connectivity index (χ0n) is 9.93. The Hall–Kier alpha value is -0.130. The van der Waals surface area contributed by atoms with Crippen molar-refractivity contribution in [2.75, 3.05) is 6.61 Å². The van der Waals surface area contributed by atoms with Gasteiger partial charge in [-0.2, -0.15) is 8.42 Å². The van der Waals surface area contributed by atoms with Gasteiger partial charge >= 0.3 is 29.6 Å². The molecule has 0 aliphatic heterocycles. The molecule has 0 N–H and O–H groups in total. The first-order chi connectivity index (χ1) is 6.60. The second-order valence-corrected chi connectivity index (χ2v) is 4.25. The van der Waals surface area contributed by atoms with Crippen molar-refractivity contribution in [2.45, 2.75) is 11.8 Å². The van der Waals surface area contributed by atoms with E-state index in [2.05, 4.69) is 10.8 Å². The summed E-state index contributed by atoms with van der Waals surface area (Å²) in [5, 5.41) is 0. The Bertz CT molecular complexity index is 414. The molecule has 0 saturated heterocycles. The second-order valence-electron chi connectivity index (χ2n) is 2.63. The van der Waals surface area contributed by atoms with E-state index in [-0.39, 0.29) is 42.5 Å². The first-order valence-electron chi connectivity index (χ1n) is 4.22. The molecule has 0 bridgehead atoms. The number of hydrogen-bond acceptors (Lipinski definition) is 3. The molecular weight excluding hydrogens is 223 g/mol. The summed E-state index contributed by atoms with van der Waals surface area (Å²) in [5.41, 5.74) is 0.875. The molecule has 5 heteroatoms. The minimum absolute atomic E-state index is 0. The zero-order valence-corrected chi connectivity index (χ0v) is 11.8. The van der Waals surface area contributed by atoms with Gasteiger partial charge in [0.15, 0.2) is 0 Å². The van der Waals surface area contributed by atoms with Crippen molar-refractivity contribution in [3.63, 3.8) is 0 Å². The topological polar surface area (TPSA) is 43.4 Å². The van der Waals surface area contributed by atoms with E-state index >= 15 is 0 Å². The molecule has 78 valence electrons.